The van der Waals surface area contributed by atoms with Gasteiger partial charge in [0.25, 0.3) is 0 Å². The Kier molecular flexibility index (Phi) is 4.29. The molecule has 0 unspecified atom stereocenters. The van der Waals surface area contributed by atoms with Gasteiger partial charge in [-0.1, -0.05) is 18.2 Å². The third-order valence-electron chi connectivity index (χ3n) is 2.80. The van der Waals surface area contributed by atoms with Gasteiger partial charge in [0.2, 0.25) is 0 Å². The smallest absolute Gasteiger partial charge is 0.172 e. The molecular formula is C16H17NO2. The van der Waals surface area contributed by atoms with Gasteiger partial charge in [0, 0.05) is 11.9 Å². The minimum Gasteiger partial charge on any atom is -0.493 e. The molecule has 0 aliphatic heterocycles. The molecule has 0 radical (unpaired) electrons. The minimum absolute atomic E-state index is 0.0282. The first kappa shape index (κ1) is 13.3. The van der Waals surface area contributed by atoms with Crippen LogP contribution in [0.15, 0.2) is 42.6 Å². The topological polar surface area (TPSA) is 39.2 Å². The molecule has 0 spiro atoms. The molecule has 0 atom stereocenters. The Hall–Kier alpha value is -2.16. The van der Waals surface area contributed by atoms with E-state index in [1.54, 1.807) is 12.3 Å². The molecule has 0 amide bonds. The van der Waals surface area contributed by atoms with Crippen molar-refractivity contribution in [2.75, 3.05) is 6.61 Å². The van der Waals surface area contributed by atoms with Crippen LogP contribution in [0.5, 0.6) is 5.75 Å². The Labute approximate surface area is 113 Å². The Balaban J connectivity index is 2.18. The van der Waals surface area contributed by atoms with Gasteiger partial charge in [0.05, 0.1) is 18.6 Å². The number of carbonyl (C=O) groups is 1. The van der Waals surface area contributed by atoms with Crippen LogP contribution < -0.4 is 4.74 Å². The van der Waals surface area contributed by atoms with Crippen molar-refractivity contribution in [3.8, 4) is 5.75 Å². The lowest BCUT2D eigenvalue weighted by Gasteiger charge is -2.08. The molecule has 0 saturated carbocycles. The third kappa shape index (κ3) is 3.41. The van der Waals surface area contributed by atoms with Gasteiger partial charge in [-0.05, 0) is 37.6 Å². The maximum atomic E-state index is 12.3. The van der Waals surface area contributed by atoms with Gasteiger partial charge in [0.15, 0.2) is 5.78 Å². The second-order valence-electron chi connectivity index (χ2n) is 4.36. The second kappa shape index (κ2) is 6.14. The Morgan fingerprint density at radius 3 is 2.68 bits per heavy atom. The van der Waals surface area contributed by atoms with E-state index < -0.39 is 0 Å². The number of carbonyl (C=O) groups excluding carboxylic acids is 1. The van der Waals surface area contributed by atoms with Crippen LogP contribution >= 0.6 is 0 Å². The predicted molar refractivity (Wildman–Crippen MR) is 74.6 cm³/mol. The highest BCUT2D eigenvalue weighted by Gasteiger charge is 2.12. The summed E-state index contributed by atoms with van der Waals surface area (Å²) in [6, 6.07) is 11.2. The van der Waals surface area contributed by atoms with Crippen LogP contribution in [0.3, 0.4) is 0 Å². The first-order valence-corrected chi connectivity index (χ1v) is 6.37. The van der Waals surface area contributed by atoms with Crippen molar-refractivity contribution in [2.24, 2.45) is 0 Å². The molecule has 19 heavy (non-hydrogen) atoms. The van der Waals surface area contributed by atoms with Crippen molar-refractivity contribution in [3.63, 3.8) is 0 Å². The molecule has 2 rings (SSSR count). The van der Waals surface area contributed by atoms with Crippen molar-refractivity contribution < 1.29 is 9.53 Å². The van der Waals surface area contributed by atoms with E-state index >= 15 is 0 Å². The van der Waals surface area contributed by atoms with E-state index in [0.29, 0.717) is 24.3 Å². The normalized spacial score (nSPS) is 10.2. The highest BCUT2D eigenvalue weighted by atomic mass is 16.5. The third-order valence-corrected chi connectivity index (χ3v) is 2.80. The van der Waals surface area contributed by atoms with E-state index in [1.165, 1.54) is 0 Å². The summed E-state index contributed by atoms with van der Waals surface area (Å²) in [6.07, 6.45) is 2.07. The van der Waals surface area contributed by atoms with E-state index in [9.17, 15) is 4.79 Å². The van der Waals surface area contributed by atoms with Gasteiger partial charge in [-0.2, -0.15) is 0 Å². The maximum Gasteiger partial charge on any atom is 0.172 e. The number of para-hydroxylation sites is 1. The molecular weight excluding hydrogens is 238 g/mol. The zero-order valence-corrected chi connectivity index (χ0v) is 11.2. The average Bonchev–Trinajstić information content (AvgIpc) is 2.42. The molecule has 2 aromatic rings. The van der Waals surface area contributed by atoms with Gasteiger partial charge in [-0.15, -0.1) is 0 Å². The van der Waals surface area contributed by atoms with Crippen molar-refractivity contribution in [2.45, 2.75) is 20.3 Å². The molecule has 98 valence electrons. The SMILES string of the molecule is CCOc1ccccc1C(=O)Cc1ccc(C)cn1. The van der Waals surface area contributed by atoms with Crippen LogP contribution in [0.2, 0.25) is 0 Å². The molecule has 1 heterocycles. The number of aryl methyl sites for hydroxylation is 1. The summed E-state index contributed by atoms with van der Waals surface area (Å²) < 4.78 is 5.47. The largest absolute Gasteiger partial charge is 0.493 e. The van der Waals surface area contributed by atoms with Crippen LogP contribution in [0.25, 0.3) is 0 Å². The van der Waals surface area contributed by atoms with Crippen LogP contribution in [0.1, 0.15) is 28.5 Å². The Morgan fingerprint density at radius 1 is 1.21 bits per heavy atom. The summed E-state index contributed by atoms with van der Waals surface area (Å²) in [7, 11) is 0. The van der Waals surface area contributed by atoms with E-state index in [-0.39, 0.29) is 5.78 Å². The number of Topliss-reactive ketones (excluding diaryl/α,β-unsaturated/α-hetero) is 1. The Bertz CT molecular complexity index is 561. The molecule has 0 bridgehead atoms. The highest BCUT2D eigenvalue weighted by molar-refractivity contribution is 5.99. The van der Waals surface area contributed by atoms with Crippen LogP contribution in [-0.4, -0.2) is 17.4 Å². The lowest BCUT2D eigenvalue weighted by Crippen LogP contribution is -2.07. The summed E-state index contributed by atoms with van der Waals surface area (Å²) in [5, 5.41) is 0. The van der Waals surface area contributed by atoms with Gasteiger partial charge in [0.1, 0.15) is 5.75 Å². The van der Waals surface area contributed by atoms with Crippen molar-refractivity contribution >= 4 is 5.78 Å². The van der Waals surface area contributed by atoms with Crippen LogP contribution in [-0.2, 0) is 6.42 Å². The minimum atomic E-state index is 0.0282. The fourth-order valence-corrected chi connectivity index (χ4v) is 1.84. The molecule has 0 N–H and O–H groups in total. The number of hydrogen-bond acceptors (Lipinski definition) is 3. The van der Waals surface area contributed by atoms with E-state index in [4.69, 9.17) is 4.74 Å². The summed E-state index contributed by atoms with van der Waals surface area (Å²) in [6.45, 7) is 4.43. The fourth-order valence-electron chi connectivity index (χ4n) is 1.84. The standard InChI is InChI=1S/C16H17NO2/c1-3-19-16-7-5-4-6-14(16)15(18)10-13-9-8-12(2)11-17-13/h4-9,11H,3,10H2,1-2H3. The molecule has 1 aromatic heterocycles. The van der Waals surface area contributed by atoms with Crippen LogP contribution in [0, 0.1) is 6.92 Å². The number of ether oxygens (including phenoxy) is 1. The molecule has 0 fully saturated rings. The number of benzene rings is 1. The average molecular weight is 255 g/mol. The second-order valence-corrected chi connectivity index (χ2v) is 4.36. The van der Waals surface area contributed by atoms with Crippen molar-refractivity contribution in [3.05, 3.63) is 59.4 Å². The lowest BCUT2D eigenvalue weighted by atomic mass is 10.0. The molecule has 3 heteroatoms. The van der Waals surface area contributed by atoms with Crippen molar-refractivity contribution in [1.82, 2.24) is 4.98 Å². The predicted octanol–water partition coefficient (Wildman–Crippen LogP) is 3.21. The highest BCUT2D eigenvalue weighted by Crippen LogP contribution is 2.19. The Morgan fingerprint density at radius 2 is 2.00 bits per heavy atom. The first-order chi connectivity index (χ1) is 9.20. The molecule has 0 aliphatic rings. The quantitative estimate of drug-likeness (QED) is 0.770. The molecule has 0 aliphatic carbocycles. The summed E-state index contributed by atoms with van der Waals surface area (Å²) in [5.74, 6) is 0.669. The number of rotatable bonds is 5. The molecule has 0 saturated heterocycles. The maximum absolute atomic E-state index is 12.3. The number of nitrogens with zero attached hydrogens (tertiary/aromatic N) is 1. The van der Waals surface area contributed by atoms with Gasteiger partial charge < -0.3 is 4.74 Å². The van der Waals surface area contributed by atoms with Crippen LogP contribution in [0.4, 0.5) is 0 Å². The number of ketones is 1. The van der Waals surface area contributed by atoms with E-state index in [2.05, 4.69) is 4.98 Å². The zero-order chi connectivity index (χ0) is 13.7. The zero-order valence-electron chi connectivity index (χ0n) is 11.2. The monoisotopic (exact) mass is 255 g/mol. The first-order valence-electron chi connectivity index (χ1n) is 6.37. The number of aromatic nitrogens is 1. The molecule has 3 nitrogen and oxygen atoms in total. The van der Waals surface area contributed by atoms with Crippen molar-refractivity contribution in [1.29, 1.82) is 0 Å². The van der Waals surface area contributed by atoms with Gasteiger partial charge in [-0.25, -0.2) is 0 Å². The number of pyridine rings is 1. The van der Waals surface area contributed by atoms with Gasteiger partial charge in [-0.3, -0.25) is 9.78 Å². The fraction of sp³-hybridized carbons (Fsp3) is 0.250. The number of hydrogen-bond donors (Lipinski definition) is 0. The van der Waals surface area contributed by atoms with E-state index in [0.717, 1.165) is 11.3 Å². The summed E-state index contributed by atoms with van der Waals surface area (Å²) in [4.78, 5) is 16.5. The molecule has 1 aromatic carbocycles. The van der Waals surface area contributed by atoms with Gasteiger partial charge >= 0.3 is 0 Å². The summed E-state index contributed by atoms with van der Waals surface area (Å²) in [5.41, 5.74) is 2.49. The summed E-state index contributed by atoms with van der Waals surface area (Å²) >= 11 is 0. The lowest BCUT2D eigenvalue weighted by molar-refractivity contribution is 0.0988. The van der Waals surface area contributed by atoms with E-state index in [1.807, 2.05) is 44.2 Å².